The van der Waals surface area contributed by atoms with Crippen LogP contribution in [-0.4, -0.2) is 39.9 Å². The molecule has 1 aliphatic rings. The second-order valence-electron chi connectivity index (χ2n) is 6.66. The van der Waals surface area contributed by atoms with E-state index >= 15 is 0 Å². The lowest BCUT2D eigenvalue weighted by molar-refractivity contribution is 0.167. The molecule has 4 nitrogen and oxygen atoms in total. The summed E-state index contributed by atoms with van der Waals surface area (Å²) < 4.78 is 1.96. The number of benzene rings is 1. The maximum absolute atomic E-state index is 4.33. The summed E-state index contributed by atoms with van der Waals surface area (Å²) in [5, 5.41) is 7.93. The molecule has 4 heteroatoms. The fraction of sp³-hybridized carbons (Fsp3) is 0.500. The number of rotatable bonds is 3. The Labute approximate surface area is 133 Å². The smallest absolute Gasteiger partial charge is 0.0682 e. The molecular formula is C18H26N4. The van der Waals surface area contributed by atoms with Gasteiger partial charge in [0.05, 0.1) is 5.69 Å². The average Bonchev–Trinajstić information content (AvgIpc) is 2.86. The first kappa shape index (κ1) is 15.3. The number of nitrogens with zero attached hydrogens (tertiary/aromatic N) is 3. The summed E-state index contributed by atoms with van der Waals surface area (Å²) in [5.74, 6) is 0. The summed E-state index contributed by atoms with van der Waals surface area (Å²) in [6, 6.07) is 9.96. The molecule has 1 saturated heterocycles. The highest BCUT2D eigenvalue weighted by Crippen LogP contribution is 2.26. The van der Waals surface area contributed by atoms with Crippen molar-refractivity contribution in [2.45, 2.75) is 39.4 Å². The van der Waals surface area contributed by atoms with Crippen LogP contribution in [0.5, 0.6) is 0 Å². The molecule has 22 heavy (non-hydrogen) atoms. The van der Waals surface area contributed by atoms with Crippen LogP contribution in [-0.2, 0) is 13.6 Å². The van der Waals surface area contributed by atoms with E-state index < -0.39 is 0 Å². The van der Waals surface area contributed by atoms with Crippen LogP contribution in [0.2, 0.25) is 0 Å². The number of piperazine rings is 1. The second-order valence-corrected chi connectivity index (χ2v) is 6.66. The van der Waals surface area contributed by atoms with Gasteiger partial charge in [0.2, 0.25) is 0 Å². The van der Waals surface area contributed by atoms with Gasteiger partial charge in [0, 0.05) is 50.5 Å². The lowest BCUT2D eigenvalue weighted by atomic mass is 10.00. The van der Waals surface area contributed by atoms with Gasteiger partial charge in [0.1, 0.15) is 0 Å². The normalized spacial score (nSPS) is 22.9. The molecule has 1 aliphatic heterocycles. The zero-order valence-corrected chi connectivity index (χ0v) is 14.0. The lowest BCUT2D eigenvalue weighted by Gasteiger charge is -2.36. The van der Waals surface area contributed by atoms with Gasteiger partial charge in [0.25, 0.3) is 0 Å². The van der Waals surface area contributed by atoms with E-state index in [-0.39, 0.29) is 0 Å². The molecule has 1 aromatic carbocycles. The van der Waals surface area contributed by atoms with Gasteiger partial charge in [-0.15, -0.1) is 0 Å². The Bertz CT molecular complexity index is 636. The molecule has 2 aromatic rings. The minimum absolute atomic E-state index is 0.550. The van der Waals surface area contributed by atoms with E-state index in [1.165, 1.54) is 22.4 Å². The predicted molar refractivity (Wildman–Crippen MR) is 90.7 cm³/mol. The molecule has 2 unspecified atom stereocenters. The van der Waals surface area contributed by atoms with Gasteiger partial charge in [-0.25, -0.2) is 0 Å². The Morgan fingerprint density at radius 2 is 1.91 bits per heavy atom. The van der Waals surface area contributed by atoms with Crippen molar-refractivity contribution in [2.75, 3.05) is 13.1 Å². The molecule has 0 radical (unpaired) electrons. The number of aromatic nitrogens is 2. The van der Waals surface area contributed by atoms with Crippen molar-refractivity contribution in [1.82, 2.24) is 20.0 Å². The largest absolute Gasteiger partial charge is 0.309 e. The summed E-state index contributed by atoms with van der Waals surface area (Å²) in [4.78, 5) is 2.55. The standard InChI is InChI=1S/C18H26N4/c1-13-5-6-16(12-22-10-14(2)20-15(3)11-22)17(9-13)18-7-8-19-21(18)4/h5-9,14-15,20H,10-12H2,1-4H3. The SMILES string of the molecule is Cc1ccc(CN2CC(C)NC(C)C2)c(-c2ccnn2C)c1. The fourth-order valence-corrected chi connectivity index (χ4v) is 3.51. The molecule has 1 fully saturated rings. The summed E-state index contributed by atoms with van der Waals surface area (Å²) in [6.45, 7) is 9.88. The highest BCUT2D eigenvalue weighted by atomic mass is 15.3. The summed E-state index contributed by atoms with van der Waals surface area (Å²) >= 11 is 0. The first-order chi connectivity index (χ1) is 10.5. The van der Waals surface area contributed by atoms with Gasteiger partial charge in [0.15, 0.2) is 0 Å². The third-order valence-electron chi connectivity index (χ3n) is 4.39. The van der Waals surface area contributed by atoms with Gasteiger partial charge >= 0.3 is 0 Å². The first-order valence-electron chi connectivity index (χ1n) is 8.09. The molecular weight excluding hydrogens is 272 g/mol. The molecule has 0 amide bonds. The van der Waals surface area contributed by atoms with Crippen molar-refractivity contribution >= 4 is 0 Å². The number of aryl methyl sites for hydroxylation is 2. The summed E-state index contributed by atoms with van der Waals surface area (Å²) in [7, 11) is 2.01. The Kier molecular flexibility index (Phi) is 4.32. The van der Waals surface area contributed by atoms with Gasteiger partial charge < -0.3 is 5.32 Å². The molecule has 118 valence electrons. The molecule has 0 bridgehead atoms. The quantitative estimate of drug-likeness (QED) is 0.945. The third kappa shape index (κ3) is 3.23. The molecule has 3 rings (SSSR count). The predicted octanol–water partition coefficient (Wildman–Crippen LogP) is 2.58. The Morgan fingerprint density at radius 1 is 1.18 bits per heavy atom. The minimum atomic E-state index is 0.550. The number of hydrogen-bond acceptors (Lipinski definition) is 3. The van der Waals surface area contributed by atoms with E-state index in [1.807, 2.05) is 17.9 Å². The second kappa shape index (κ2) is 6.23. The van der Waals surface area contributed by atoms with E-state index in [9.17, 15) is 0 Å². The van der Waals surface area contributed by atoms with Crippen molar-refractivity contribution in [3.8, 4) is 11.3 Å². The lowest BCUT2D eigenvalue weighted by Crippen LogP contribution is -2.53. The van der Waals surface area contributed by atoms with Crippen LogP contribution in [0.3, 0.4) is 0 Å². The Balaban J connectivity index is 1.89. The van der Waals surface area contributed by atoms with Crippen molar-refractivity contribution in [1.29, 1.82) is 0 Å². The molecule has 1 aromatic heterocycles. The van der Waals surface area contributed by atoms with Gasteiger partial charge in [-0.05, 0) is 38.5 Å². The molecule has 0 saturated carbocycles. The summed E-state index contributed by atoms with van der Waals surface area (Å²) in [5.41, 5.74) is 5.17. The third-order valence-corrected chi connectivity index (χ3v) is 4.39. The maximum atomic E-state index is 4.33. The van der Waals surface area contributed by atoms with E-state index in [0.29, 0.717) is 12.1 Å². The molecule has 0 spiro atoms. The average molecular weight is 298 g/mol. The van der Waals surface area contributed by atoms with Crippen molar-refractivity contribution in [3.05, 3.63) is 41.6 Å². The molecule has 1 N–H and O–H groups in total. The molecule has 2 atom stereocenters. The Morgan fingerprint density at radius 3 is 2.55 bits per heavy atom. The first-order valence-corrected chi connectivity index (χ1v) is 8.09. The van der Waals surface area contributed by atoms with Gasteiger partial charge in [-0.2, -0.15) is 5.10 Å². The van der Waals surface area contributed by atoms with Crippen LogP contribution >= 0.6 is 0 Å². The maximum Gasteiger partial charge on any atom is 0.0682 e. The highest BCUT2D eigenvalue weighted by molar-refractivity contribution is 5.64. The van der Waals surface area contributed by atoms with Gasteiger partial charge in [-0.1, -0.05) is 17.7 Å². The summed E-state index contributed by atoms with van der Waals surface area (Å²) in [6.07, 6.45) is 1.87. The van der Waals surface area contributed by atoms with Crippen molar-refractivity contribution in [2.24, 2.45) is 7.05 Å². The van der Waals surface area contributed by atoms with Crippen molar-refractivity contribution < 1.29 is 0 Å². The van der Waals surface area contributed by atoms with E-state index in [4.69, 9.17) is 0 Å². The van der Waals surface area contributed by atoms with Crippen LogP contribution in [0.25, 0.3) is 11.3 Å². The van der Waals surface area contributed by atoms with Crippen LogP contribution in [0.15, 0.2) is 30.5 Å². The highest BCUT2D eigenvalue weighted by Gasteiger charge is 2.22. The van der Waals surface area contributed by atoms with Crippen LogP contribution in [0.1, 0.15) is 25.0 Å². The zero-order valence-electron chi connectivity index (χ0n) is 14.0. The van der Waals surface area contributed by atoms with Crippen LogP contribution in [0.4, 0.5) is 0 Å². The Hall–Kier alpha value is -1.65. The van der Waals surface area contributed by atoms with E-state index in [0.717, 1.165) is 19.6 Å². The van der Waals surface area contributed by atoms with Crippen LogP contribution in [0, 0.1) is 6.92 Å². The van der Waals surface area contributed by atoms with Crippen molar-refractivity contribution in [3.63, 3.8) is 0 Å². The van der Waals surface area contributed by atoms with E-state index in [1.54, 1.807) is 0 Å². The minimum Gasteiger partial charge on any atom is -0.309 e. The topological polar surface area (TPSA) is 33.1 Å². The van der Waals surface area contributed by atoms with E-state index in [2.05, 4.69) is 60.4 Å². The van der Waals surface area contributed by atoms with Crippen LogP contribution < -0.4 is 5.32 Å². The van der Waals surface area contributed by atoms with Gasteiger partial charge in [-0.3, -0.25) is 9.58 Å². The fourth-order valence-electron chi connectivity index (χ4n) is 3.51. The molecule has 0 aliphatic carbocycles. The monoisotopic (exact) mass is 298 g/mol. The zero-order chi connectivity index (χ0) is 15.7. The number of hydrogen-bond donors (Lipinski definition) is 1. The number of nitrogens with one attached hydrogen (secondary N) is 1. The molecule has 2 heterocycles.